The van der Waals surface area contributed by atoms with Crippen molar-refractivity contribution in [3.05, 3.63) is 64.2 Å². The standard InChI is InChI=1S/C25H29ClO6/c26-20-6-3-14(25-24(30)23(29)22(28)21(12-27)32-25)8-17(20)7-13-1-4-18(5-2-13)31-19-10-15-9-16(15)11-19/h1-6,8,15-16,19,21-25,27-30H,7,9-12H2/t15-,16+,19?,21-,22-,23+,24-,25+/m1/s1. The Balaban J connectivity index is 1.28. The van der Waals surface area contributed by atoms with E-state index in [1.54, 1.807) is 12.1 Å². The summed E-state index contributed by atoms with van der Waals surface area (Å²) in [5.41, 5.74) is 2.55. The van der Waals surface area contributed by atoms with E-state index in [-0.39, 0.29) is 0 Å². The number of hydrogen-bond donors (Lipinski definition) is 4. The fourth-order valence-corrected chi connectivity index (χ4v) is 5.32. The molecule has 4 N–H and O–H groups in total. The van der Waals surface area contributed by atoms with Crippen LogP contribution in [0.2, 0.25) is 5.02 Å². The van der Waals surface area contributed by atoms with Crippen LogP contribution < -0.4 is 4.74 Å². The van der Waals surface area contributed by atoms with E-state index in [1.807, 2.05) is 30.3 Å². The van der Waals surface area contributed by atoms with Crippen LogP contribution in [0.15, 0.2) is 42.5 Å². The number of aliphatic hydroxyl groups is 4. The molecule has 1 heterocycles. The van der Waals surface area contributed by atoms with E-state index in [2.05, 4.69) is 0 Å². The fourth-order valence-electron chi connectivity index (χ4n) is 5.14. The van der Waals surface area contributed by atoms with Crippen molar-refractivity contribution in [3.63, 3.8) is 0 Å². The average Bonchev–Trinajstić information content (AvgIpc) is 3.41. The predicted molar refractivity (Wildman–Crippen MR) is 119 cm³/mol. The van der Waals surface area contributed by atoms with Gasteiger partial charge in [-0.1, -0.05) is 35.9 Å². The molecule has 3 aliphatic rings. The summed E-state index contributed by atoms with van der Waals surface area (Å²) in [5, 5.41) is 40.6. The van der Waals surface area contributed by atoms with Gasteiger partial charge in [0.2, 0.25) is 0 Å². The molecule has 2 aromatic rings. The minimum absolute atomic E-state index is 0.342. The zero-order valence-electron chi connectivity index (χ0n) is 17.7. The number of ether oxygens (including phenoxy) is 2. The van der Waals surface area contributed by atoms with Gasteiger partial charge < -0.3 is 29.9 Å². The number of fused-ring (bicyclic) bond motifs is 1. The largest absolute Gasteiger partial charge is 0.490 e. The van der Waals surface area contributed by atoms with Crippen LogP contribution in [-0.4, -0.2) is 57.6 Å². The first-order chi connectivity index (χ1) is 15.4. The third kappa shape index (κ3) is 4.40. The van der Waals surface area contributed by atoms with Gasteiger partial charge in [0.05, 0.1) is 12.7 Å². The van der Waals surface area contributed by atoms with Crippen molar-refractivity contribution in [1.82, 2.24) is 0 Å². The second kappa shape index (κ2) is 8.93. The first-order valence-electron chi connectivity index (χ1n) is 11.3. The van der Waals surface area contributed by atoms with Gasteiger partial charge in [-0.05, 0) is 72.4 Å². The molecule has 5 rings (SSSR count). The van der Waals surface area contributed by atoms with Crippen LogP contribution in [0, 0.1) is 11.8 Å². The summed E-state index contributed by atoms with van der Waals surface area (Å²) in [5.74, 6) is 2.66. The number of benzene rings is 2. The highest BCUT2D eigenvalue weighted by Crippen LogP contribution is 2.52. The Hall–Kier alpha value is -1.67. The molecule has 0 aromatic heterocycles. The summed E-state index contributed by atoms with van der Waals surface area (Å²) in [6.45, 7) is -0.460. The molecular formula is C25H29ClO6. The zero-order chi connectivity index (χ0) is 22.4. The molecule has 0 radical (unpaired) electrons. The Morgan fingerprint density at radius 2 is 1.62 bits per heavy atom. The molecular weight excluding hydrogens is 432 g/mol. The Kier molecular flexibility index (Phi) is 6.18. The van der Waals surface area contributed by atoms with Crippen molar-refractivity contribution in [2.75, 3.05) is 6.61 Å². The lowest BCUT2D eigenvalue weighted by Gasteiger charge is -2.40. The maximum atomic E-state index is 10.4. The lowest BCUT2D eigenvalue weighted by molar-refractivity contribution is -0.231. The monoisotopic (exact) mass is 460 g/mol. The van der Waals surface area contributed by atoms with Crippen LogP contribution in [0.25, 0.3) is 0 Å². The molecule has 7 heteroatoms. The molecule has 2 aromatic carbocycles. The van der Waals surface area contributed by atoms with Crippen LogP contribution in [0.1, 0.15) is 42.1 Å². The maximum Gasteiger partial charge on any atom is 0.119 e. The Morgan fingerprint density at radius 1 is 0.906 bits per heavy atom. The molecule has 172 valence electrons. The first-order valence-corrected chi connectivity index (χ1v) is 11.6. The predicted octanol–water partition coefficient (Wildman–Crippen LogP) is 2.62. The van der Waals surface area contributed by atoms with E-state index >= 15 is 0 Å². The van der Waals surface area contributed by atoms with Gasteiger partial charge in [0, 0.05) is 5.02 Å². The van der Waals surface area contributed by atoms with Crippen LogP contribution in [0.3, 0.4) is 0 Å². The van der Waals surface area contributed by atoms with E-state index in [1.165, 1.54) is 19.3 Å². The van der Waals surface area contributed by atoms with Gasteiger partial charge in [0.25, 0.3) is 0 Å². The summed E-state index contributed by atoms with van der Waals surface area (Å²) in [6, 6.07) is 13.3. The maximum absolute atomic E-state index is 10.4. The SMILES string of the molecule is OC[C@H]1O[C@@H](c2ccc(Cl)c(Cc3ccc(OC4C[C@@H]5C[C@@H]5C4)cc3)c2)[C@H](O)[C@@H](O)[C@@H]1O. The van der Waals surface area contributed by atoms with E-state index < -0.39 is 37.1 Å². The minimum atomic E-state index is -1.41. The van der Waals surface area contributed by atoms with Gasteiger partial charge in [0.15, 0.2) is 0 Å². The van der Waals surface area contributed by atoms with Crippen LogP contribution in [-0.2, 0) is 11.2 Å². The van der Waals surface area contributed by atoms with Gasteiger partial charge >= 0.3 is 0 Å². The number of hydrogen-bond acceptors (Lipinski definition) is 6. The Morgan fingerprint density at radius 3 is 2.31 bits per heavy atom. The summed E-state index contributed by atoms with van der Waals surface area (Å²) in [6.07, 6.45) is -1.30. The van der Waals surface area contributed by atoms with Crippen molar-refractivity contribution >= 4 is 11.6 Å². The van der Waals surface area contributed by atoms with Gasteiger partial charge in [-0.15, -0.1) is 0 Å². The molecule has 2 aliphatic carbocycles. The molecule has 32 heavy (non-hydrogen) atoms. The zero-order valence-corrected chi connectivity index (χ0v) is 18.4. The third-order valence-electron chi connectivity index (χ3n) is 7.11. The highest BCUT2D eigenvalue weighted by molar-refractivity contribution is 6.31. The topological polar surface area (TPSA) is 99.4 Å². The molecule has 2 saturated carbocycles. The second-order valence-corrected chi connectivity index (χ2v) is 9.80. The van der Waals surface area contributed by atoms with Crippen molar-refractivity contribution in [2.45, 2.75) is 62.3 Å². The fraction of sp³-hybridized carbons (Fsp3) is 0.520. The smallest absolute Gasteiger partial charge is 0.119 e. The molecule has 0 spiro atoms. The van der Waals surface area contributed by atoms with Crippen LogP contribution in [0.5, 0.6) is 5.75 Å². The number of halogens is 1. The molecule has 6 nitrogen and oxygen atoms in total. The van der Waals surface area contributed by atoms with Crippen LogP contribution in [0.4, 0.5) is 0 Å². The van der Waals surface area contributed by atoms with Crippen LogP contribution >= 0.6 is 11.6 Å². The van der Waals surface area contributed by atoms with Crippen molar-refractivity contribution < 1.29 is 29.9 Å². The Labute approximate surface area is 192 Å². The molecule has 1 saturated heterocycles. The molecule has 1 unspecified atom stereocenters. The van der Waals surface area contributed by atoms with Gasteiger partial charge in [-0.2, -0.15) is 0 Å². The second-order valence-electron chi connectivity index (χ2n) is 9.39. The summed E-state index contributed by atoms with van der Waals surface area (Å²) < 4.78 is 11.8. The summed E-state index contributed by atoms with van der Waals surface area (Å²) in [4.78, 5) is 0. The van der Waals surface area contributed by atoms with Gasteiger partial charge in [-0.25, -0.2) is 0 Å². The molecule has 1 aliphatic heterocycles. The lowest BCUT2D eigenvalue weighted by Crippen LogP contribution is -2.55. The molecule has 0 bridgehead atoms. The molecule has 3 fully saturated rings. The summed E-state index contributed by atoms with van der Waals surface area (Å²) >= 11 is 6.43. The molecule has 8 atom stereocenters. The lowest BCUT2D eigenvalue weighted by atomic mass is 9.90. The summed E-state index contributed by atoms with van der Waals surface area (Å²) in [7, 11) is 0. The van der Waals surface area contributed by atoms with Gasteiger partial charge in [0.1, 0.15) is 36.3 Å². The van der Waals surface area contributed by atoms with Crippen molar-refractivity contribution in [1.29, 1.82) is 0 Å². The average molecular weight is 461 g/mol. The van der Waals surface area contributed by atoms with E-state index in [4.69, 9.17) is 21.1 Å². The third-order valence-corrected chi connectivity index (χ3v) is 7.48. The highest BCUT2D eigenvalue weighted by atomic mass is 35.5. The van der Waals surface area contributed by atoms with Gasteiger partial charge in [-0.3, -0.25) is 0 Å². The van der Waals surface area contributed by atoms with Crippen molar-refractivity contribution in [2.24, 2.45) is 11.8 Å². The number of aliphatic hydroxyl groups excluding tert-OH is 4. The van der Waals surface area contributed by atoms with Crippen molar-refractivity contribution in [3.8, 4) is 5.75 Å². The van der Waals surface area contributed by atoms with E-state index in [0.29, 0.717) is 23.1 Å². The Bertz CT molecular complexity index is 938. The molecule has 0 amide bonds. The first kappa shape index (κ1) is 22.1. The minimum Gasteiger partial charge on any atom is -0.490 e. The van der Waals surface area contributed by atoms with E-state index in [9.17, 15) is 20.4 Å². The normalized spacial score (nSPS) is 36.0. The highest BCUT2D eigenvalue weighted by Gasteiger charge is 2.47. The number of rotatable bonds is 6. The quantitative estimate of drug-likeness (QED) is 0.529. The van der Waals surface area contributed by atoms with E-state index in [0.717, 1.165) is 28.7 Å².